The van der Waals surface area contributed by atoms with Crippen LogP contribution in [0.15, 0.2) is 40.9 Å². The molecule has 6 nitrogen and oxygen atoms in total. The number of aromatic nitrogens is 1. The minimum atomic E-state index is -0.404. The van der Waals surface area contributed by atoms with Gasteiger partial charge in [-0.25, -0.2) is 4.79 Å². The molecule has 2 aliphatic rings. The number of nitrogens with one attached hydrogen (secondary N) is 2. The largest absolute Gasteiger partial charge is 0.459 e. The highest BCUT2D eigenvalue weighted by Gasteiger charge is 2.43. The summed E-state index contributed by atoms with van der Waals surface area (Å²) >= 11 is 6.62. The Balaban J connectivity index is 1.45. The average molecular weight is 439 g/mol. The van der Waals surface area contributed by atoms with Crippen molar-refractivity contribution in [2.24, 2.45) is 0 Å². The first kappa shape index (κ1) is 20.3. The predicted molar refractivity (Wildman–Crippen MR) is 122 cm³/mol. The third kappa shape index (κ3) is 3.90. The second kappa shape index (κ2) is 8.17. The van der Waals surface area contributed by atoms with Crippen molar-refractivity contribution < 1.29 is 9.21 Å². The van der Waals surface area contributed by atoms with Gasteiger partial charge in [0, 0.05) is 35.8 Å². The van der Waals surface area contributed by atoms with E-state index in [0.717, 1.165) is 66.6 Å². The number of nitrogens with zero attached hydrogens (tertiary/aromatic N) is 2. The van der Waals surface area contributed by atoms with Crippen LogP contribution in [0, 0.1) is 0 Å². The molecule has 1 aromatic carbocycles. The maximum Gasteiger partial charge on any atom is 0.319 e. The fourth-order valence-electron chi connectivity index (χ4n) is 5.01. The lowest BCUT2D eigenvalue weighted by atomic mass is 9.74. The van der Waals surface area contributed by atoms with Crippen LogP contribution in [0.4, 0.5) is 10.5 Å². The normalized spacial score (nSPS) is 17.6. The Labute approximate surface area is 187 Å². The van der Waals surface area contributed by atoms with Crippen molar-refractivity contribution in [3.63, 3.8) is 0 Å². The van der Waals surface area contributed by atoms with Crippen molar-refractivity contribution in [2.45, 2.75) is 50.6 Å². The lowest BCUT2D eigenvalue weighted by Crippen LogP contribution is -2.52. The number of carbonyl (C=O) groups excluding carboxylic acids is 1. The molecule has 1 aliphatic carbocycles. The third-order valence-corrected chi connectivity index (χ3v) is 6.79. The molecule has 1 aliphatic heterocycles. The van der Waals surface area contributed by atoms with E-state index < -0.39 is 5.54 Å². The summed E-state index contributed by atoms with van der Waals surface area (Å²) in [5.41, 5.74) is 3.22. The van der Waals surface area contributed by atoms with Crippen molar-refractivity contribution >= 4 is 34.3 Å². The number of carbonyl (C=O) groups is 1. The van der Waals surface area contributed by atoms with Gasteiger partial charge in [-0.2, -0.15) is 0 Å². The first-order chi connectivity index (χ1) is 15.0. The first-order valence-electron chi connectivity index (χ1n) is 11.0. The average Bonchev–Trinajstić information content (AvgIpc) is 3.15. The summed E-state index contributed by atoms with van der Waals surface area (Å²) in [7, 11) is 2.09. The van der Waals surface area contributed by atoms with E-state index in [-0.39, 0.29) is 6.03 Å². The Morgan fingerprint density at radius 3 is 2.84 bits per heavy atom. The smallest absolute Gasteiger partial charge is 0.319 e. The van der Waals surface area contributed by atoms with Gasteiger partial charge in [0.05, 0.1) is 22.8 Å². The van der Waals surface area contributed by atoms with Crippen LogP contribution in [0.5, 0.6) is 0 Å². The lowest BCUT2D eigenvalue weighted by molar-refractivity contribution is 0.208. The van der Waals surface area contributed by atoms with Crippen LogP contribution in [0.3, 0.4) is 0 Å². The van der Waals surface area contributed by atoms with Crippen molar-refractivity contribution in [1.82, 2.24) is 15.2 Å². The summed E-state index contributed by atoms with van der Waals surface area (Å²) in [6.07, 6.45) is 7.88. The molecule has 0 bridgehead atoms. The van der Waals surface area contributed by atoms with Gasteiger partial charge in [-0.3, -0.25) is 9.88 Å². The topological polar surface area (TPSA) is 70.4 Å². The van der Waals surface area contributed by atoms with Crippen LogP contribution in [0.1, 0.15) is 49.1 Å². The van der Waals surface area contributed by atoms with E-state index in [9.17, 15) is 4.79 Å². The number of furan rings is 1. The predicted octanol–water partition coefficient (Wildman–Crippen LogP) is 5.45. The number of halogens is 1. The number of fused-ring (bicyclic) bond motifs is 4. The van der Waals surface area contributed by atoms with E-state index >= 15 is 0 Å². The molecule has 3 aromatic rings. The van der Waals surface area contributed by atoms with Gasteiger partial charge >= 0.3 is 6.03 Å². The molecular weight excluding hydrogens is 412 g/mol. The zero-order valence-electron chi connectivity index (χ0n) is 17.7. The third-order valence-electron chi connectivity index (χ3n) is 6.49. The molecule has 1 spiro atoms. The van der Waals surface area contributed by atoms with Crippen LogP contribution in [0.2, 0.25) is 5.02 Å². The molecule has 162 valence electrons. The van der Waals surface area contributed by atoms with E-state index in [1.165, 1.54) is 6.42 Å². The van der Waals surface area contributed by atoms with Gasteiger partial charge in [0.15, 0.2) is 0 Å². The molecule has 1 fully saturated rings. The maximum atomic E-state index is 12.4. The van der Waals surface area contributed by atoms with Crippen LogP contribution in [-0.4, -0.2) is 29.5 Å². The van der Waals surface area contributed by atoms with Gasteiger partial charge in [0.1, 0.15) is 11.3 Å². The quantitative estimate of drug-likeness (QED) is 0.555. The summed E-state index contributed by atoms with van der Waals surface area (Å²) in [4.78, 5) is 19.0. The minimum absolute atomic E-state index is 0.184. The van der Waals surface area contributed by atoms with Gasteiger partial charge in [-0.1, -0.05) is 36.9 Å². The summed E-state index contributed by atoms with van der Waals surface area (Å²) in [6, 6.07) is 9.79. The van der Waals surface area contributed by atoms with Gasteiger partial charge in [0.25, 0.3) is 0 Å². The van der Waals surface area contributed by atoms with Crippen LogP contribution >= 0.6 is 11.6 Å². The zero-order chi connectivity index (χ0) is 21.4. The van der Waals surface area contributed by atoms with E-state index in [1.54, 1.807) is 0 Å². The zero-order valence-corrected chi connectivity index (χ0v) is 18.5. The van der Waals surface area contributed by atoms with Crippen molar-refractivity contribution in [3.05, 3.63) is 58.6 Å². The number of anilines is 1. The molecular formula is C24H27ClN4O2. The highest BCUT2D eigenvalue weighted by molar-refractivity contribution is 6.35. The second-order valence-electron chi connectivity index (χ2n) is 8.77. The lowest BCUT2D eigenvalue weighted by Gasteiger charge is -2.42. The van der Waals surface area contributed by atoms with Gasteiger partial charge in [-0.15, -0.1) is 0 Å². The van der Waals surface area contributed by atoms with Crippen molar-refractivity contribution in [3.8, 4) is 0 Å². The summed E-state index contributed by atoms with van der Waals surface area (Å²) in [5, 5.41) is 7.68. The number of amides is 2. The number of hydrogen-bond acceptors (Lipinski definition) is 4. The van der Waals surface area contributed by atoms with Gasteiger partial charge < -0.3 is 15.1 Å². The molecule has 5 rings (SSSR count). The number of rotatable bonds is 5. The molecule has 2 N–H and O–H groups in total. The fourth-order valence-corrected chi connectivity index (χ4v) is 5.27. The Kier molecular flexibility index (Phi) is 5.36. The monoisotopic (exact) mass is 438 g/mol. The van der Waals surface area contributed by atoms with Crippen LogP contribution in [-0.2, 0) is 18.5 Å². The Morgan fingerprint density at radius 1 is 1.23 bits per heavy atom. The molecule has 0 saturated heterocycles. The van der Waals surface area contributed by atoms with E-state index in [2.05, 4.69) is 33.6 Å². The van der Waals surface area contributed by atoms with Crippen molar-refractivity contribution in [2.75, 3.05) is 18.9 Å². The number of benzene rings is 1. The SMILES string of the molecule is CN(CCc1ccccn1)Cc1cc2cc(Cl)c3c(c2o1)C1(CCCCC1)NC(=O)N3. The standard InChI is InChI=1S/C24H27ClN4O2/c1-29(12-8-17-7-3-6-11-26-17)15-18-13-16-14-19(25)21-20(22(16)31-18)24(28-23(30)27-21)9-4-2-5-10-24/h3,6-7,11,13-14H,2,4-5,8-10,12,15H2,1H3,(H2,27,28,30). The van der Waals surface area contributed by atoms with Gasteiger partial charge in [0.2, 0.25) is 0 Å². The molecule has 2 amide bonds. The van der Waals surface area contributed by atoms with Gasteiger partial charge in [-0.05, 0) is 44.2 Å². The molecule has 3 heterocycles. The summed E-state index contributed by atoms with van der Waals surface area (Å²) in [6.45, 7) is 1.58. The molecule has 1 saturated carbocycles. The Bertz CT molecular complexity index is 1110. The molecule has 31 heavy (non-hydrogen) atoms. The number of likely N-dealkylation sites (N-methyl/N-ethyl adjacent to an activating group) is 1. The molecule has 7 heteroatoms. The second-order valence-corrected chi connectivity index (χ2v) is 9.18. The fraction of sp³-hybridized carbons (Fsp3) is 0.417. The summed E-state index contributed by atoms with van der Waals surface area (Å²) in [5.74, 6) is 0.894. The highest BCUT2D eigenvalue weighted by Crippen LogP contribution is 2.49. The molecule has 0 unspecified atom stereocenters. The van der Waals surface area contributed by atoms with E-state index in [0.29, 0.717) is 17.3 Å². The van der Waals surface area contributed by atoms with E-state index in [4.69, 9.17) is 16.0 Å². The Morgan fingerprint density at radius 2 is 2.06 bits per heavy atom. The molecule has 0 atom stereocenters. The van der Waals surface area contributed by atoms with E-state index in [1.807, 2.05) is 30.5 Å². The Hall–Kier alpha value is -2.57. The number of pyridine rings is 1. The number of urea groups is 1. The summed E-state index contributed by atoms with van der Waals surface area (Å²) < 4.78 is 6.40. The van der Waals surface area contributed by atoms with Crippen molar-refractivity contribution in [1.29, 1.82) is 0 Å². The van der Waals surface area contributed by atoms with Crippen LogP contribution < -0.4 is 10.6 Å². The minimum Gasteiger partial charge on any atom is -0.459 e. The number of hydrogen-bond donors (Lipinski definition) is 2. The maximum absolute atomic E-state index is 12.4. The highest BCUT2D eigenvalue weighted by atomic mass is 35.5. The first-order valence-corrected chi connectivity index (χ1v) is 11.3. The molecule has 0 radical (unpaired) electrons. The molecule has 2 aromatic heterocycles. The van der Waals surface area contributed by atoms with Crippen LogP contribution in [0.25, 0.3) is 11.0 Å².